The Morgan fingerprint density at radius 3 is 2.34 bits per heavy atom. The van der Waals surface area contributed by atoms with Gasteiger partial charge in [0, 0.05) is 50.7 Å². The van der Waals surface area contributed by atoms with Crippen LogP contribution in [0.25, 0.3) is 11.3 Å². The second-order valence-electron chi connectivity index (χ2n) is 7.71. The molecule has 0 spiro atoms. The van der Waals surface area contributed by atoms with Gasteiger partial charge in [-0.3, -0.25) is 4.98 Å². The molecule has 0 N–H and O–H groups in total. The number of rotatable bonds is 6. The first-order chi connectivity index (χ1) is 14.3. The first-order valence-electron chi connectivity index (χ1n) is 10.6. The molecule has 0 unspecified atom stereocenters. The third-order valence-electron chi connectivity index (χ3n) is 5.54. The molecule has 0 atom stereocenters. The molecule has 2 aromatic heterocycles. The van der Waals surface area contributed by atoms with Gasteiger partial charge < -0.3 is 9.80 Å². The molecule has 0 aliphatic carbocycles. The van der Waals surface area contributed by atoms with Crippen molar-refractivity contribution in [3.63, 3.8) is 0 Å². The lowest BCUT2D eigenvalue weighted by atomic mass is 10.1. The fourth-order valence-corrected chi connectivity index (χ4v) is 3.75. The predicted molar refractivity (Wildman–Crippen MR) is 119 cm³/mol. The van der Waals surface area contributed by atoms with Crippen molar-refractivity contribution < 1.29 is 0 Å². The van der Waals surface area contributed by atoms with Crippen LogP contribution in [0, 0.1) is 0 Å². The van der Waals surface area contributed by atoms with Gasteiger partial charge in [-0.25, -0.2) is 4.98 Å². The molecular weight excluding hydrogens is 358 g/mol. The summed E-state index contributed by atoms with van der Waals surface area (Å²) in [6, 6.07) is 16.7. The van der Waals surface area contributed by atoms with Crippen molar-refractivity contribution in [1.82, 2.24) is 15.0 Å². The molecule has 150 valence electrons. The zero-order valence-corrected chi connectivity index (χ0v) is 17.2. The molecule has 0 bridgehead atoms. The van der Waals surface area contributed by atoms with Gasteiger partial charge in [-0.05, 0) is 37.0 Å². The van der Waals surface area contributed by atoms with Gasteiger partial charge >= 0.3 is 0 Å². The van der Waals surface area contributed by atoms with Crippen LogP contribution in [0.15, 0.2) is 60.9 Å². The van der Waals surface area contributed by atoms with Crippen LogP contribution in [0.2, 0.25) is 0 Å². The molecule has 4 rings (SSSR count). The Bertz CT molecular complexity index is 890. The second kappa shape index (κ2) is 9.50. The van der Waals surface area contributed by atoms with Crippen molar-refractivity contribution in [2.45, 2.75) is 32.1 Å². The highest BCUT2D eigenvalue weighted by Crippen LogP contribution is 2.26. The second-order valence-corrected chi connectivity index (χ2v) is 7.71. The molecular formula is C24H29N5. The van der Waals surface area contributed by atoms with Crippen molar-refractivity contribution in [2.24, 2.45) is 0 Å². The number of hydrogen-bond acceptors (Lipinski definition) is 5. The Hall–Kier alpha value is -2.95. The van der Waals surface area contributed by atoms with E-state index in [-0.39, 0.29) is 0 Å². The third kappa shape index (κ3) is 5.11. The number of aromatic nitrogens is 3. The third-order valence-corrected chi connectivity index (χ3v) is 5.54. The van der Waals surface area contributed by atoms with Crippen LogP contribution in [0.5, 0.6) is 0 Å². The zero-order chi connectivity index (χ0) is 19.9. The molecule has 5 nitrogen and oxygen atoms in total. The summed E-state index contributed by atoms with van der Waals surface area (Å²) in [4.78, 5) is 18.6. The van der Waals surface area contributed by atoms with Gasteiger partial charge in [0.15, 0.2) is 0 Å². The van der Waals surface area contributed by atoms with Gasteiger partial charge in [0.1, 0.15) is 5.82 Å². The molecule has 1 aliphatic heterocycles. The van der Waals surface area contributed by atoms with Gasteiger partial charge in [-0.2, -0.15) is 4.98 Å². The van der Waals surface area contributed by atoms with Crippen molar-refractivity contribution in [3.8, 4) is 11.3 Å². The van der Waals surface area contributed by atoms with Crippen LogP contribution in [0.3, 0.4) is 0 Å². The van der Waals surface area contributed by atoms with Gasteiger partial charge in [-0.1, -0.05) is 43.2 Å². The number of benzene rings is 1. The van der Waals surface area contributed by atoms with Crippen molar-refractivity contribution >= 4 is 11.8 Å². The van der Waals surface area contributed by atoms with Crippen LogP contribution in [0.4, 0.5) is 11.8 Å². The van der Waals surface area contributed by atoms with Crippen LogP contribution in [-0.2, 0) is 6.42 Å². The van der Waals surface area contributed by atoms with E-state index in [4.69, 9.17) is 9.97 Å². The van der Waals surface area contributed by atoms with E-state index >= 15 is 0 Å². The largest absolute Gasteiger partial charge is 0.359 e. The summed E-state index contributed by atoms with van der Waals surface area (Å²) in [5.41, 5.74) is 3.41. The number of pyridine rings is 1. The Kier molecular flexibility index (Phi) is 6.35. The lowest BCUT2D eigenvalue weighted by molar-refractivity contribution is 0.726. The molecule has 3 aromatic rings. The van der Waals surface area contributed by atoms with E-state index in [0.29, 0.717) is 0 Å². The maximum absolute atomic E-state index is 4.96. The van der Waals surface area contributed by atoms with E-state index in [1.807, 2.05) is 18.5 Å². The van der Waals surface area contributed by atoms with E-state index < -0.39 is 0 Å². The van der Waals surface area contributed by atoms with Crippen LogP contribution >= 0.6 is 0 Å². The van der Waals surface area contributed by atoms with Gasteiger partial charge in [0.2, 0.25) is 5.95 Å². The maximum atomic E-state index is 4.96. The summed E-state index contributed by atoms with van der Waals surface area (Å²) in [7, 11) is 2.12. The highest BCUT2D eigenvalue weighted by atomic mass is 15.3. The molecule has 1 saturated heterocycles. The molecule has 0 amide bonds. The molecule has 0 radical (unpaired) electrons. The van der Waals surface area contributed by atoms with Crippen molar-refractivity contribution in [3.05, 3.63) is 66.5 Å². The summed E-state index contributed by atoms with van der Waals surface area (Å²) in [6.07, 6.45) is 9.69. The number of nitrogens with zero attached hydrogens (tertiary/aromatic N) is 5. The Balaban J connectivity index is 1.61. The Morgan fingerprint density at radius 2 is 1.62 bits per heavy atom. The smallest absolute Gasteiger partial charge is 0.227 e. The number of hydrogen-bond donors (Lipinski definition) is 0. The van der Waals surface area contributed by atoms with Crippen LogP contribution in [-0.4, -0.2) is 41.6 Å². The van der Waals surface area contributed by atoms with Crippen molar-refractivity contribution in [2.75, 3.05) is 36.5 Å². The predicted octanol–water partition coefficient (Wildman–Crippen LogP) is 4.60. The lowest BCUT2D eigenvalue weighted by Crippen LogP contribution is -2.28. The monoisotopic (exact) mass is 387 g/mol. The molecule has 3 heterocycles. The average molecular weight is 388 g/mol. The average Bonchev–Trinajstić information content (AvgIpc) is 3.08. The van der Waals surface area contributed by atoms with Gasteiger partial charge in [0.05, 0.1) is 5.69 Å². The molecule has 1 aromatic carbocycles. The highest BCUT2D eigenvalue weighted by Gasteiger charge is 2.16. The van der Waals surface area contributed by atoms with E-state index in [1.54, 1.807) is 0 Å². The summed E-state index contributed by atoms with van der Waals surface area (Å²) in [5, 5.41) is 0. The van der Waals surface area contributed by atoms with E-state index in [0.717, 1.165) is 49.1 Å². The zero-order valence-electron chi connectivity index (χ0n) is 17.2. The minimum absolute atomic E-state index is 0.860. The molecule has 1 fully saturated rings. The summed E-state index contributed by atoms with van der Waals surface area (Å²) < 4.78 is 0. The summed E-state index contributed by atoms with van der Waals surface area (Å²) in [6.45, 7) is 2.98. The molecule has 0 saturated carbocycles. The molecule has 29 heavy (non-hydrogen) atoms. The normalized spacial score (nSPS) is 14.4. The van der Waals surface area contributed by atoms with Gasteiger partial charge in [-0.15, -0.1) is 0 Å². The van der Waals surface area contributed by atoms with Crippen LogP contribution in [0.1, 0.15) is 31.2 Å². The van der Waals surface area contributed by atoms with E-state index in [2.05, 4.69) is 64.3 Å². The Morgan fingerprint density at radius 1 is 0.897 bits per heavy atom. The number of likely N-dealkylation sites (N-methyl/N-ethyl adjacent to an activating group) is 1. The van der Waals surface area contributed by atoms with Crippen LogP contribution < -0.4 is 9.80 Å². The SMILES string of the molecule is CN(CCc1ccncc1)c1cc(-c2ccccc2)nc(N2CCCCCC2)n1. The van der Waals surface area contributed by atoms with Gasteiger partial charge in [0.25, 0.3) is 0 Å². The fraction of sp³-hybridized carbons (Fsp3) is 0.375. The standard InChI is InChI=1S/C24H29N5/c1-28(18-13-20-11-14-25-15-12-20)23-19-22(21-9-5-4-6-10-21)26-24(27-23)29-16-7-2-3-8-17-29/h4-6,9-12,14-15,19H,2-3,7-8,13,16-18H2,1H3. The quantitative estimate of drug-likeness (QED) is 0.619. The molecule has 5 heteroatoms. The summed E-state index contributed by atoms with van der Waals surface area (Å²) >= 11 is 0. The van der Waals surface area contributed by atoms with E-state index in [1.165, 1.54) is 31.2 Å². The fourth-order valence-electron chi connectivity index (χ4n) is 3.75. The Labute approximate surface area is 173 Å². The number of anilines is 2. The first kappa shape index (κ1) is 19.4. The minimum Gasteiger partial charge on any atom is -0.359 e. The molecule has 1 aliphatic rings. The lowest BCUT2D eigenvalue weighted by Gasteiger charge is -2.24. The maximum Gasteiger partial charge on any atom is 0.227 e. The minimum atomic E-state index is 0.860. The van der Waals surface area contributed by atoms with Crippen molar-refractivity contribution in [1.29, 1.82) is 0 Å². The summed E-state index contributed by atoms with van der Waals surface area (Å²) in [5.74, 6) is 1.84. The first-order valence-corrected chi connectivity index (χ1v) is 10.6. The topological polar surface area (TPSA) is 45.2 Å². The highest BCUT2D eigenvalue weighted by molar-refractivity contribution is 5.65. The van der Waals surface area contributed by atoms with E-state index in [9.17, 15) is 0 Å².